The Morgan fingerprint density at radius 2 is 2.19 bits per heavy atom. The smallest absolute Gasteiger partial charge is 0.226 e. The first-order chi connectivity index (χ1) is 10.2. The molecule has 108 valence electrons. The summed E-state index contributed by atoms with van der Waals surface area (Å²) in [6.45, 7) is 3.04. The third-order valence-corrected chi connectivity index (χ3v) is 5.38. The molecule has 3 nitrogen and oxygen atoms in total. The van der Waals surface area contributed by atoms with E-state index in [9.17, 15) is 4.79 Å². The number of nitrogens with one attached hydrogen (secondary N) is 1. The molecule has 1 spiro atoms. The fourth-order valence-electron chi connectivity index (χ4n) is 4.06. The van der Waals surface area contributed by atoms with Crippen LogP contribution in [0.25, 0.3) is 10.9 Å². The number of pyridine rings is 1. The van der Waals surface area contributed by atoms with Gasteiger partial charge in [-0.2, -0.15) is 0 Å². The number of hydrogen-bond donors (Lipinski definition) is 1. The van der Waals surface area contributed by atoms with Crippen molar-refractivity contribution in [3.8, 4) is 0 Å². The lowest BCUT2D eigenvalue weighted by Gasteiger charge is -2.44. The van der Waals surface area contributed by atoms with Crippen molar-refractivity contribution in [1.29, 1.82) is 0 Å². The second kappa shape index (κ2) is 4.55. The number of aromatic nitrogens is 1. The van der Waals surface area contributed by atoms with E-state index in [0.29, 0.717) is 5.92 Å². The Morgan fingerprint density at radius 1 is 1.33 bits per heavy atom. The van der Waals surface area contributed by atoms with Gasteiger partial charge in [0.25, 0.3) is 0 Å². The molecule has 3 heteroatoms. The Hall–Kier alpha value is -1.90. The number of nitrogens with zero attached hydrogens (tertiary/aromatic N) is 1. The molecule has 1 aromatic carbocycles. The highest BCUT2D eigenvalue weighted by Crippen LogP contribution is 2.45. The number of benzene rings is 1. The van der Waals surface area contributed by atoms with Gasteiger partial charge in [0.1, 0.15) is 0 Å². The normalized spacial score (nSPS) is 28.4. The monoisotopic (exact) mass is 280 g/mol. The molecule has 1 aliphatic carbocycles. The third kappa shape index (κ3) is 1.87. The van der Waals surface area contributed by atoms with Crippen molar-refractivity contribution in [2.75, 3.05) is 6.54 Å². The quantitative estimate of drug-likeness (QED) is 0.806. The molecule has 0 saturated carbocycles. The molecular weight excluding hydrogens is 260 g/mol. The highest BCUT2D eigenvalue weighted by atomic mass is 16.2. The molecule has 1 aliphatic heterocycles. The van der Waals surface area contributed by atoms with Crippen molar-refractivity contribution < 1.29 is 4.79 Å². The first-order valence-corrected chi connectivity index (χ1v) is 7.85. The highest BCUT2D eigenvalue weighted by molar-refractivity contribution is 5.85. The van der Waals surface area contributed by atoms with Gasteiger partial charge in [-0.3, -0.25) is 9.78 Å². The average Bonchev–Trinajstić information content (AvgIpc) is 2.49. The molecule has 2 unspecified atom stereocenters. The summed E-state index contributed by atoms with van der Waals surface area (Å²) in [6, 6.07) is 10.5. The van der Waals surface area contributed by atoms with E-state index in [-0.39, 0.29) is 11.3 Å². The van der Waals surface area contributed by atoms with Gasteiger partial charge in [-0.25, -0.2) is 0 Å². The molecule has 1 aromatic heterocycles. The van der Waals surface area contributed by atoms with E-state index in [1.54, 1.807) is 0 Å². The zero-order valence-corrected chi connectivity index (χ0v) is 12.4. The van der Waals surface area contributed by atoms with Crippen LogP contribution in [0.5, 0.6) is 0 Å². The molecule has 0 bridgehead atoms. The van der Waals surface area contributed by atoms with Crippen molar-refractivity contribution in [1.82, 2.24) is 10.3 Å². The number of para-hydroxylation sites is 1. The number of piperidine rings is 1. The van der Waals surface area contributed by atoms with E-state index < -0.39 is 0 Å². The van der Waals surface area contributed by atoms with E-state index in [1.807, 2.05) is 12.1 Å². The van der Waals surface area contributed by atoms with Gasteiger partial charge in [-0.15, -0.1) is 0 Å². The van der Waals surface area contributed by atoms with E-state index >= 15 is 0 Å². The van der Waals surface area contributed by atoms with Crippen LogP contribution in [0.15, 0.2) is 30.3 Å². The van der Waals surface area contributed by atoms with E-state index in [0.717, 1.165) is 37.7 Å². The van der Waals surface area contributed by atoms with Crippen LogP contribution in [-0.4, -0.2) is 17.4 Å². The van der Waals surface area contributed by atoms with Crippen LogP contribution in [0.4, 0.5) is 0 Å². The van der Waals surface area contributed by atoms with Crippen molar-refractivity contribution in [3.05, 3.63) is 41.6 Å². The molecule has 1 N–H and O–H groups in total. The standard InChI is InChI=1S/C18H20N2O/c1-12-9-16-14(10-13-5-2-3-6-15(13)20-16)11-18(12)7-4-8-19-17(18)21/h2-3,5-6,10,12H,4,7-9,11H2,1H3,(H,19,21). The van der Waals surface area contributed by atoms with Gasteiger partial charge in [0, 0.05) is 17.6 Å². The van der Waals surface area contributed by atoms with E-state index in [4.69, 9.17) is 4.98 Å². The maximum absolute atomic E-state index is 12.5. The lowest BCUT2D eigenvalue weighted by Crippen LogP contribution is -2.53. The summed E-state index contributed by atoms with van der Waals surface area (Å²) < 4.78 is 0. The Morgan fingerprint density at radius 3 is 3.05 bits per heavy atom. The van der Waals surface area contributed by atoms with Gasteiger partial charge in [0.05, 0.1) is 10.9 Å². The maximum atomic E-state index is 12.5. The van der Waals surface area contributed by atoms with Crippen LogP contribution >= 0.6 is 0 Å². The highest BCUT2D eigenvalue weighted by Gasteiger charge is 2.47. The van der Waals surface area contributed by atoms with Crippen molar-refractivity contribution in [2.45, 2.75) is 32.6 Å². The molecule has 4 rings (SSSR count). The number of fused-ring (bicyclic) bond motifs is 2. The molecular formula is C18H20N2O. The van der Waals surface area contributed by atoms with Crippen LogP contribution in [0, 0.1) is 11.3 Å². The second-order valence-corrected chi connectivity index (χ2v) is 6.58. The summed E-state index contributed by atoms with van der Waals surface area (Å²) >= 11 is 0. The van der Waals surface area contributed by atoms with Gasteiger partial charge in [0.15, 0.2) is 0 Å². The van der Waals surface area contributed by atoms with Crippen molar-refractivity contribution in [3.63, 3.8) is 0 Å². The number of amides is 1. The summed E-state index contributed by atoms with van der Waals surface area (Å²) in [6.07, 6.45) is 3.85. The topological polar surface area (TPSA) is 42.0 Å². The Labute approximate surface area is 124 Å². The first kappa shape index (κ1) is 12.8. The Bertz CT molecular complexity index is 724. The minimum atomic E-state index is -0.213. The molecule has 1 saturated heterocycles. The lowest BCUT2D eigenvalue weighted by molar-refractivity contribution is -0.137. The summed E-state index contributed by atoms with van der Waals surface area (Å²) in [7, 11) is 0. The Kier molecular flexibility index (Phi) is 2.78. The molecule has 2 heterocycles. The molecule has 1 fully saturated rings. The molecule has 1 amide bonds. The number of hydrogen-bond acceptors (Lipinski definition) is 2. The van der Waals surface area contributed by atoms with Gasteiger partial charge < -0.3 is 5.32 Å². The van der Waals surface area contributed by atoms with Gasteiger partial charge in [0.2, 0.25) is 5.91 Å². The summed E-state index contributed by atoms with van der Waals surface area (Å²) in [5.41, 5.74) is 3.30. The predicted molar refractivity (Wildman–Crippen MR) is 83.0 cm³/mol. The van der Waals surface area contributed by atoms with Crippen molar-refractivity contribution in [2.24, 2.45) is 11.3 Å². The van der Waals surface area contributed by atoms with Gasteiger partial charge >= 0.3 is 0 Å². The SMILES string of the molecule is CC1Cc2nc3ccccc3cc2CC12CCCNC2=O. The molecule has 2 aromatic rings. The fourth-order valence-corrected chi connectivity index (χ4v) is 4.06. The first-order valence-electron chi connectivity index (χ1n) is 7.85. The van der Waals surface area contributed by atoms with Gasteiger partial charge in [-0.1, -0.05) is 25.1 Å². The van der Waals surface area contributed by atoms with Gasteiger partial charge in [-0.05, 0) is 49.3 Å². The minimum Gasteiger partial charge on any atom is -0.356 e. The zero-order valence-electron chi connectivity index (χ0n) is 12.4. The van der Waals surface area contributed by atoms with E-state index in [2.05, 4.69) is 30.4 Å². The third-order valence-electron chi connectivity index (χ3n) is 5.38. The van der Waals surface area contributed by atoms with Crippen LogP contribution in [0.3, 0.4) is 0 Å². The zero-order chi connectivity index (χ0) is 14.4. The number of rotatable bonds is 0. The summed E-state index contributed by atoms with van der Waals surface area (Å²) in [4.78, 5) is 17.4. The largest absolute Gasteiger partial charge is 0.356 e. The van der Waals surface area contributed by atoms with E-state index in [1.165, 1.54) is 16.6 Å². The van der Waals surface area contributed by atoms with Crippen LogP contribution in [0.1, 0.15) is 31.0 Å². The average molecular weight is 280 g/mol. The van der Waals surface area contributed by atoms with Crippen LogP contribution in [0.2, 0.25) is 0 Å². The minimum absolute atomic E-state index is 0.213. The summed E-state index contributed by atoms with van der Waals surface area (Å²) in [5.74, 6) is 0.610. The predicted octanol–water partition coefficient (Wildman–Crippen LogP) is 2.87. The van der Waals surface area contributed by atoms with Crippen LogP contribution < -0.4 is 5.32 Å². The number of carbonyl (C=O) groups is 1. The molecule has 2 aliphatic rings. The molecule has 21 heavy (non-hydrogen) atoms. The maximum Gasteiger partial charge on any atom is 0.226 e. The second-order valence-electron chi connectivity index (χ2n) is 6.58. The summed E-state index contributed by atoms with van der Waals surface area (Å²) in [5, 5.41) is 4.26. The van der Waals surface area contributed by atoms with Crippen LogP contribution in [-0.2, 0) is 17.6 Å². The fraction of sp³-hybridized carbons (Fsp3) is 0.444. The molecule has 0 radical (unpaired) electrons. The molecule has 2 atom stereocenters. The van der Waals surface area contributed by atoms with Crippen molar-refractivity contribution >= 4 is 16.8 Å². The lowest BCUT2D eigenvalue weighted by atomic mass is 9.62. The number of carbonyl (C=O) groups excluding carboxylic acids is 1. The Balaban J connectivity index is 1.82.